The third-order valence-electron chi connectivity index (χ3n) is 2.94. The molecule has 2 rings (SSSR count). The molecule has 4 heteroatoms. The molecule has 2 aliphatic rings. The molecule has 1 N–H and O–H groups in total. The van der Waals surface area contributed by atoms with Crippen LogP contribution in [0.2, 0.25) is 0 Å². The van der Waals surface area contributed by atoms with Crippen LogP contribution in [0.4, 0.5) is 4.79 Å². The number of hydrogen-bond acceptors (Lipinski definition) is 3. The summed E-state index contributed by atoms with van der Waals surface area (Å²) in [6.07, 6.45) is 4.86. The highest BCUT2D eigenvalue weighted by Crippen LogP contribution is 2.35. The number of likely N-dealkylation sites (tertiary alicyclic amines) is 1. The first-order chi connectivity index (χ1) is 7.29. The van der Waals surface area contributed by atoms with Gasteiger partial charge in [-0.3, -0.25) is 0 Å². The lowest BCUT2D eigenvalue weighted by Crippen LogP contribution is -2.40. The summed E-state index contributed by atoms with van der Waals surface area (Å²) in [4.78, 5) is 13.6. The molecule has 0 aromatic rings. The van der Waals surface area contributed by atoms with E-state index in [9.17, 15) is 9.90 Å². The van der Waals surface area contributed by atoms with E-state index in [1.807, 2.05) is 26.8 Å². The third-order valence-corrected chi connectivity index (χ3v) is 2.94. The summed E-state index contributed by atoms with van der Waals surface area (Å²) in [5.41, 5.74) is -1.32. The predicted octanol–water partition coefficient (Wildman–Crippen LogP) is 1.69. The fraction of sp³-hybridized carbons (Fsp3) is 0.750. The standard InChI is InChI=1S/C12H19NO3/c1-11(2,3)16-10(14)13-8-12(15)6-4-5-9(13)7-12/h4,6,9,15H,5,7-8H2,1-3H3/t9-,12-/m1/s1. The molecule has 2 bridgehead atoms. The molecule has 90 valence electrons. The second-order valence-electron chi connectivity index (χ2n) is 5.71. The van der Waals surface area contributed by atoms with Gasteiger partial charge >= 0.3 is 6.09 Å². The number of nitrogens with zero attached hydrogens (tertiary/aromatic N) is 1. The summed E-state index contributed by atoms with van der Waals surface area (Å²) < 4.78 is 5.32. The van der Waals surface area contributed by atoms with E-state index >= 15 is 0 Å². The number of fused-ring (bicyclic) bond motifs is 2. The quantitative estimate of drug-likeness (QED) is 0.638. The Balaban J connectivity index is 2.05. The van der Waals surface area contributed by atoms with Crippen LogP contribution in [0, 0.1) is 0 Å². The molecule has 0 saturated carbocycles. The number of amides is 1. The van der Waals surface area contributed by atoms with Crippen molar-refractivity contribution >= 4 is 6.09 Å². The van der Waals surface area contributed by atoms with Crippen molar-refractivity contribution in [2.24, 2.45) is 0 Å². The summed E-state index contributed by atoms with van der Waals surface area (Å²) in [6, 6.07) is 0.0878. The van der Waals surface area contributed by atoms with Gasteiger partial charge in [-0.2, -0.15) is 0 Å². The Kier molecular flexibility index (Phi) is 2.49. The van der Waals surface area contributed by atoms with Crippen LogP contribution < -0.4 is 0 Å². The number of aliphatic hydroxyl groups is 1. The van der Waals surface area contributed by atoms with Crippen LogP contribution in [0.5, 0.6) is 0 Å². The summed E-state index contributed by atoms with van der Waals surface area (Å²) in [5, 5.41) is 10.1. The van der Waals surface area contributed by atoms with Crippen molar-refractivity contribution in [2.45, 2.75) is 50.9 Å². The van der Waals surface area contributed by atoms with E-state index < -0.39 is 11.2 Å². The molecule has 1 fully saturated rings. The molecule has 1 aliphatic carbocycles. The molecule has 0 radical (unpaired) electrons. The summed E-state index contributed by atoms with van der Waals surface area (Å²) in [6.45, 7) is 5.89. The molecule has 0 spiro atoms. The second kappa shape index (κ2) is 3.48. The van der Waals surface area contributed by atoms with Crippen molar-refractivity contribution in [3.63, 3.8) is 0 Å². The minimum absolute atomic E-state index is 0.0878. The summed E-state index contributed by atoms with van der Waals surface area (Å²) in [5.74, 6) is 0. The van der Waals surface area contributed by atoms with Crippen LogP contribution >= 0.6 is 0 Å². The first-order valence-electron chi connectivity index (χ1n) is 5.69. The van der Waals surface area contributed by atoms with Gasteiger partial charge in [0.2, 0.25) is 0 Å². The first kappa shape index (κ1) is 11.5. The number of rotatable bonds is 0. The lowest BCUT2D eigenvalue weighted by atomic mass is 9.93. The van der Waals surface area contributed by atoms with Crippen molar-refractivity contribution < 1.29 is 14.6 Å². The molecule has 1 aliphatic heterocycles. The second-order valence-corrected chi connectivity index (χ2v) is 5.71. The molecule has 1 heterocycles. The Labute approximate surface area is 95.9 Å². The van der Waals surface area contributed by atoms with E-state index in [4.69, 9.17) is 4.74 Å². The Morgan fingerprint density at radius 2 is 2.25 bits per heavy atom. The van der Waals surface area contributed by atoms with Gasteiger partial charge in [0.05, 0.1) is 6.54 Å². The van der Waals surface area contributed by atoms with Gasteiger partial charge in [-0.25, -0.2) is 4.79 Å². The molecule has 0 aromatic carbocycles. The van der Waals surface area contributed by atoms with E-state index in [2.05, 4.69) is 0 Å². The highest BCUT2D eigenvalue weighted by atomic mass is 16.6. The smallest absolute Gasteiger partial charge is 0.410 e. The Morgan fingerprint density at radius 1 is 1.56 bits per heavy atom. The number of hydrogen-bond donors (Lipinski definition) is 1. The maximum Gasteiger partial charge on any atom is 0.410 e. The summed E-state index contributed by atoms with van der Waals surface area (Å²) in [7, 11) is 0. The van der Waals surface area contributed by atoms with Crippen LogP contribution in [-0.2, 0) is 4.74 Å². The third kappa shape index (κ3) is 2.21. The van der Waals surface area contributed by atoms with Gasteiger partial charge in [-0.05, 0) is 27.2 Å². The Morgan fingerprint density at radius 3 is 2.81 bits per heavy atom. The zero-order chi connectivity index (χ0) is 12.0. The maximum atomic E-state index is 11.9. The zero-order valence-electron chi connectivity index (χ0n) is 10.1. The Bertz CT molecular complexity index is 332. The van der Waals surface area contributed by atoms with Crippen LogP contribution in [0.3, 0.4) is 0 Å². The fourth-order valence-corrected chi connectivity index (χ4v) is 2.32. The van der Waals surface area contributed by atoms with E-state index in [0.29, 0.717) is 13.0 Å². The molecule has 4 nitrogen and oxygen atoms in total. The fourth-order valence-electron chi connectivity index (χ4n) is 2.32. The predicted molar refractivity (Wildman–Crippen MR) is 60.1 cm³/mol. The minimum atomic E-state index is -0.834. The summed E-state index contributed by atoms with van der Waals surface area (Å²) >= 11 is 0. The van der Waals surface area contributed by atoms with Crippen molar-refractivity contribution in [1.29, 1.82) is 0 Å². The topological polar surface area (TPSA) is 49.8 Å². The molecule has 1 amide bonds. The molecule has 0 aromatic heterocycles. The van der Waals surface area contributed by atoms with Crippen molar-refractivity contribution in [3.05, 3.63) is 12.2 Å². The molecule has 1 saturated heterocycles. The first-order valence-corrected chi connectivity index (χ1v) is 5.69. The Hall–Kier alpha value is -1.03. The van der Waals surface area contributed by atoms with E-state index in [-0.39, 0.29) is 12.1 Å². The van der Waals surface area contributed by atoms with Gasteiger partial charge in [-0.1, -0.05) is 12.2 Å². The lowest BCUT2D eigenvalue weighted by molar-refractivity contribution is 0.0191. The van der Waals surface area contributed by atoms with E-state index in [1.165, 1.54) is 0 Å². The largest absolute Gasteiger partial charge is 0.444 e. The van der Waals surface area contributed by atoms with E-state index in [1.54, 1.807) is 11.0 Å². The van der Waals surface area contributed by atoms with Gasteiger partial charge in [0.25, 0.3) is 0 Å². The SMILES string of the molecule is CC(C)(C)OC(=O)N1C[C@@]2(O)C=CC[C@@H]1C2. The molecule has 0 unspecified atom stereocenters. The van der Waals surface area contributed by atoms with Crippen LogP contribution in [-0.4, -0.2) is 39.9 Å². The highest BCUT2D eigenvalue weighted by molar-refractivity contribution is 5.69. The van der Waals surface area contributed by atoms with E-state index in [0.717, 1.165) is 6.42 Å². The number of carbonyl (C=O) groups excluding carboxylic acids is 1. The van der Waals surface area contributed by atoms with Gasteiger partial charge < -0.3 is 14.7 Å². The number of carbonyl (C=O) groups is 1. The van der Waals surface area contributed by atoms with Gasteiger partial charge in [0.15, 0.2) is 0 Å². The monoisotopic (exact) mass is 225 g/mol. The van der Waals surface area contributed by atoms with Crippen molar-refractivity contribution in [1.82, 2.24) is 4.90 Å². The molecule has 16 heavy (non-hydrogen) atoms. The van der Waals surface area contributed by atoms with Crippen molar-refractivity contribution in [3.8, 4) is 0 Å². The number of ether oxygens (including phenoxy) is 1. The number of β-amino-alcohol motifs (C(OH)–C–C–N with tert-alkyl or cyclic N) is 1. The van der Waals surface area contributed by atoms with Gasteiger partial charge in [0.1, 0.15) is 11.2 Å². The normalized spacial score (nSPS) is 33.0. The van der Waals surface area contributed by atoms with Crippen LogP contribution in [0.1, 0.15) is 33.6 Å². The zero-order valence-corrected chi connectivity index (χ0v) is 10.1. The minimum Gasteiger partial charge on any atom is -0.444 e. The highest BCUT2D eigenvalue weighted by Gasteiger charge is 2.46. The molecule has 2 atom stereocenters. The average Bonchev–Trinajstić information content (AvgIpc) is 2.33. The molecular weight excluding hydrogens is 206 g/mol. The van der Waals surface area contributed by atoms with Gasteiger partial charge in [-0.15, -0.1) is 0 Å². The molecular formula is C12H19NO3. The van der Waals surface area contributed by atoms with Crippen LogP contribution in [0.25, 0.3) is 0 Å². The van der Waals surface area contributed by atoms with Crippen LogP contribution in [0.15, 0.2) is 12.2 Å². The van der Waals surface area contributed by atoms with Crippen molar-refractivity contribution in [2.75, 3.05) is 6.54 Å². The lowest BCUT2D eigenvalue weighted by Gasteiger charge is -2.27. The maximum absolute atomic E-state index is 11.9. The van der Waals surface area contributed by atoms with Gasteiger partial charge in [0, 0.05) is 12.5 Å². The average molecular weight is 225 g/mol.